The molecule has 2 rings (SSSR count). The first kappa shape index (κ1) is 29.6. The van der Waals surface area contributed by atoms with Crippen LogP contribution in [-0.2, 0) is 26.2 Å². The maximum atomic E-state index is 3.30. The van der Waals surface area contributed by atoms with E-state index in [2.05, 4.69) is 77.2 Å². The Hall–Kier alpha value is 0.640. The first-order valence-electron chi connectivity index (χ1n) is 6.67. The second-order valence-electron chi connectivity index (χ2n) is 5.49. The summed E-state index contributed by atoms with van der Waals surface area (Å²) >= 11 is 0. The average molecular weight is 422 g/mol. The van der Waals surface area contributed by atoms with Crippen LogP contribution in [0.2, 0.25) is 13.1 Å². The molecule has 0 nitrogen and oxygen atoms in total. The molecule has 1 radical (unpaired) electrons. The Morgan fingerprint density at radius 1 is 0.952 bits per heavy atom. The van der Waals surface area contributed by atoms with Crippen LogP contribution in [0, 0.1) is 17.6 Å². The Balaban J connectivity index is -0.000000107. The summed E-state index contributed by atoms with van der Waals surface area (Å²) in [5.41, 5.74) is 2.92. The Morgan fingerprint density at radius 3 is 1.52 bits per heavy atom. The van der Waals surface area contributed by atoms with Gasteiger partial charge >= 0.3 is 26.2 Å². The van der Waals surface area contributed by atoms with E-state index in [1.807, 2.05) is 0 Å². The molecule has 0 bridgehead atoms. The van der Waals surface area contributed by atoms with Crippen molar-refractivity contribution >= 4 is 9.52 Å². The van der Waals surface area contributed by atoms with Crippen molar-refractivity contribution in [2.24, 2.45) is 5.41 Å². The molecular weight excluding hydrogens is 394 g/mol. The molecule has 2 aliphatic carbocycles. The Bertz CT molecular complexity index is 348. The minimum Gasteiger partial charge on any atom is -1.00 e. The van der Waals surface area contributed by atoms with E-state index in [1.165, 1.54) is 11.1 Å². The fourth-order valence-electron chi connectivity index (χ4n) is 1.43. The summed E-state index contributed by atoms with van der Waals surface area (Å²) in [7, 11) is 0.750. The fourth-order valence-corrected chi connectivity index (χ4v) is 1.43. The van der Waals surface area contributed by atoms with Crippen molar-refractivity contribution in [1.82, 2.24) is 0 Å². The summed E-state index contributed by atoms with van der Waals surface area (Å²) < 4.78 is 0. The molecule has 0 spiro atoms. The predicted molar refractivity (Wildman–Crippen MR) is 85.0 cm³/mol. The van der Waals surface area contributed by atoms with Crippen LogP contribution in [0.25, 0.3) is 0 Å². The van der Waals surface area contributed by atoms with Gasteiger partial charge in [-0.15, -0.1) is 12.8 Å². The van der Waals surface area contributed by atoms with E-state index in [4.69, 9.17) is 0 Å². The molecule has 0 aliphatic heterocycles. The van der Waals surface area contributed by atoms with Crippen LogP contribution < -0.4 is 24.8 Å². The van der Waals surface area contributed by atoms with Crippen molar-refractivity contribution in [2.45, 2.75) is 53.6 Å². The van der Waals surface area contributed by atoms with Crippen molar-refractivity contribution in [3.05, 3.63) is 47.6 Å². The van der Waals surface area contributed by atoms with E-state index in [-0.39, 0.29) is 51.0 Å². The van der Waals surface area contributed by atoms with Crippen molar-refractivity contribution in [3.8, 4) is 0 Å². The third-order valence-corrected chi connectivity index (χ3v) is 2.37. The van der Waals surface area contributed by atoms with Crippen molar-refractivity contribution in [2.75, 3.05) is 0 Å². The largest absolute Gasteiger partial charge is 4.00 e. The predicted octanol–water partition coefficient (Wildman–Crippen LogP) is -1.06. The van der Waals surface area contributed by atoms with Gasteiger partial charge in [-0.25, -0.2) is 23.3 Å². The van der Waals surface area contributed by atoms with Gasteiger partial charge in [-0.2, -0.15) is 12.2 Å². The molecule has 0 N–H and O–H groups in total. The van der Waals surface area contributed by atoms with Crippen LogP contribution in [0.3, 0.4) is 0 Å². The maximum absolute atomic E-state index is 3.30. The molecule has 117 valence electrons. The van der Waals surface area contributed by atoms with E-state index in [9.17, 15) is 0 Å². The zero-order valence-corrected chi connectivity index (χ0v) is 19.2. The van der Waals surface area contributed by atoms with Gasteiger partial charge in [-0.05, 0) is 5.41 Å². The first-order chi connectivity index (χ1) is 8.41. The molecule has 0 aromatic rings. The van der Waals surface area contributed by atoms with Gasteiger partial charge in [0.05, 0.1) is 0 Å². The zero-order chi connectivity index (χ0) is 14.0. The third-order valence-electron chi connectivity index (χ3n) is 2.37. The molecule has 21 heavy (non-hydrogen) atoms. The van der Waals surface area contributed by atoms with E-state index in [0.29, 0.717) is 5.41 Å². The van der Waals surface area contributed by atoms with E-state index in [0.717, 1.165) is 22.4 Å². The van der Waals surface area contributed by atoms with E-state index in [1.54, 1.807) is 0 Å². The van der Waals surface area contributed by atoms with Crippen molar-refractivity contribution in [1.29, 1.82) is 0 Å². The second kappa shape index (κ2) is 17.0. The molecule has 0 fully saturated rings. The van der Waals surface area contributed by atoms with Crippen molar-refractivity contribution < 1.29 is 51.0 Å². The third kappa shape index (κ3) is 16.8. The number of rotatable bonds is 0. The summed E-state index contributed by atoms with van der Waals surface area (Å²) in [5.74, 6) is 0. The van der Waals surface area contributed by atoms with Crippen LogP contribution in [0.5, 0.6) is 0 Å². The van der Waals surface area contributed by atoms with Crippen LogP contribution in [-0.4, -0.2) is 9.52 Å². The molecule has 0 unspecified atom stereocenters. The SMILES string of the molecule is CC(C)(C)C1=[C-]CC=C1.CC1=[C-]CC=C1.C[SiH]C.[Cl-].[Cl-].[Zr+4]. The van der Waals surface area contributed by atoms with Gasteiger partial charge in [0.15, 0.2) is 0 Å². The fraction of sp³-hybridized carbons (Fsp3) is 0.529. The zero-order valence-electron chi connectivity index (χ0n) is 14.1. The van der Waals surface area contributed by atoms with E-state index >= 15 is 0 Å². The van der Waals surface area contributed by atoms with Gasteiger partial charge in [0.1, 0.15) is 0 Å². The standard InChI is InChI=1S/C9H13.C6H7.C2H7Si.2ClH.Zr/c1-9(2,3)8-6-4-5-7-8;1-6-4-2-3-5-6;1-3-2;;;/h4,6H,5H2,1-3H3;2,4H,3H2,1H3;3H,1-2H3;2*1H;/q2*-1;;;;+4/p-2. The molecule has 0 saturated carbocycles. The van der Waals surface area contributed by atoms with Crippen molar-refractivity contribution in [3.63, 3.8) is 0 Å². The van der Waals surface area contributed by atoms with E-state index < -0.39 is 0 Å². The molecule has 0 amide bonds. The number of halogens is 2. The number of allylic oxidation sites excluding steroid dienone is 8. The van der Waals surface area contributed by atoms with Gasteiger partial charge in [0.2, 0.25) is 0 Å². The number of hydrogen-bond acceptors (Lipinski definition) is 0. The first-order valence-corrected chi connectivity index (χ1v) is 8.98. The van der Waals surface area contributed by atoms with Crippen LogP contribution in [0.15, 0.2) is 35.5 Å². The molecule has 4 heteroatoms. The average Bonchev–Trinajstić information content (AvgIpc) is 2.89. The van der Waals surface area contributed by atoms with Crippen LogP contribution >= 0.6 is 0 Å². The quantitative estimate of drug-likeness (QED) is 0.346. The van der Waals surface area contributed by atoms with Gasteiger partial charge in [-0.1, -0.05) is 40.8 Å². The Kier molecular flexibility index (Phi) is 24.0. The smallest absolute Gasteiger partial charge is 1.00 e. The minimum atomic E-state index is 0. The van der Waals surface area contributed by atoms with Gasteiger partial charge in [-0.3, -0.25) is 12.2 Å². The van der Waals surface area contributed by atoms with Gasteiger partial charge < -0.3 is 24.8 Å². The second-order valence-corrected chi connectivity index (χ2v) is 6.65. The summed E-state index contributed by atoms with van der Waals surface area (Å²) in [5, 5.41) is 0. The van der Waals surface area contributed by atoms with Gasteiger partial charge in [0.25, 0.3) is 0 Å². The molecule has 0 atom stereocenters. The summed E-state index contributed by atoms with van der Waals surface area (Å²) in [6.45, 7) is 13.1. The number of hydrogen-bond donors (Lipinski definition) is 0. The van der Waals surface area contributed by atoms with Crippen LogP contribution in [0.4, 0.5) is 0 Å². The summed E-state index contributed by atoms with van der Waals surface area (Å²) in [6.07, 6.45) is 17.0. The maximum Gasteiger partial charge on any atom is 4.00 e. The summed E-state index contributed by atoms with van der Waals surface area (Å²) in [6, 6.07) is 0. The molecule has 0 aromatic heterocycles. The Labute approximate surface area is 166 Å². The summed E-state index contributed by atoms with van der Waals surface area (Å²) in [4.78, 5) is 0. The molecule has 2 aliphatic rings. The minimum absolute atomic E-state index is 0. The molecule has 0 saturated heterocycles. The Morgan fingerprint density at radius 2 is 1.38 bits per heavy atom. The van der Waals surface area contributed by atoms with Gasteiger partial charge in [0, 0.05) is 9.52 Å². The molecule has 0 heterocycles. The van der Waals surface area contributed by atoms with Crippen LogP contribution in [0.1, 0.15) is 40.5 Å². The topological polar surface area (TPSA) is 0 Å². The molecule has 0 aromatic carbocycles. The molecular formula is C17H27Cl2SiZr. The normalized spacial score (nSPS) is 14.0. The monoisotopic (exact) mass is 419 g/mol.